The molecule has 1 N–H and O–H groups in total. The Morgan fingerprint density at radius 2 is 1.83 bits per heavy atom. The van der Waals surface area contributed by atoms with Gasteiger partial charge in [0.25, 0.3) is 5.91 Å². The summed E-state index contributed by atoms with van der Waals surface area (Å²) in [6.45, 7) is -1.13. The number of nitrogens with zero attached hydrogens (tertiary/aromatic N) is 1. The zero-order chi connectivity index (χ0) is 21.1. The molecule has 3 aromatic rings. The lowest BCUT2D eigenvalue weighted by atomic mass is 10.2. The van der Waals surface area contributed by atoms with Gasteiger partial charge in [0, 0.05) is 17.5 Å². The molecule has 2 heterocycles. The molecule has 2 aromatic carbocycles. The van der Waals surface area contributed by atoms with Crippen LogP contribution in [-0.4, -0.2) is 37.5 Å². The first-order valence-electron chi connectivity index (χ1n) is 9.01. The van der Waals surface area contributed by atoms with Crippen molar-refractivity contribution in [2.45, 2.75) is 0 Å². The molecule has 0 bridgehead atoms. The molecule has 2 amide bonds. The van der Waals surface area contributed by atoms with Crippen LogP contribution >= 0.6 is 0 Å². The normalized spacial score (nSPS) is 12.8. The standard InChI is InChI=1S/C21H16N2O7/c24-18-10-23(16-4-2-1-3-15(16)22-18)19(25)11-29-21(27)12-28-14-7-5-13-6-8-20(26)30-17(13)9-14/h1-9H,10-12H2,(H,22,24). The van der Waals surface area contributed by atoms with E-state index in [0.29, 0.717) is 28.1 Å². The van der Waals surface area contributed by atoms with Gasteiger partial charge in [-0.3, -0.25) is 14.5 Å². The second kappa shape index (κ2) is 8.08. The molecule has 1 aliphatic rings. The lowest BCUT2D eigenvalue weighted by Crippen LogP contribution is -2.44. The molecule has 0 unspecified atom stereocenters. The van der Waals surface area contributed by atoms with E-state index in [0.717, 1.165) is 0 Å². The fraction of sp³-hybridized carbons (Fsp3) is 0.143. The minimum absolute atomic E-state index is 0.161. The number of ether oxygens (including phenoxy) is 2. The summed E-state index contributed by atoms with van der Waals surface area (Å²) in [6, 6.07) is 14.5. The highest BCUT2D eigenvalue weighted by Crippen LogP contribution is 2.28. The number of hydrogen-bond acceptors (Lipinski definition) is 7. The monoisotopic (exact) mass is 408 g/mol. The van der Waals surface area contributed by atoms with Gasteiger partial charge in [0.05, 0.1) is 11.4 Å². The predicted octanol–water partition coefficient (Wildman–Crippen LogP) is 1.70. The molecule has 0 atom stereocenters. The molecule has 0 spiro atoms. The summed E-state index contributed by atoms with van der Waals surface area (Å²) < 4.78 is 15.4. The molecule has 0 saturated heterocycles. The van der Waals surface area contributed by atoms with Crippen molar-refractivity contribution in [2.75, 3.05) is 30.0 Å². The average Bonchev–Trinajstić information content (AvgIpc) is 2.75. The zero-order valence-electron chi connectivity index (χ0n) is 15.6. The fourth-order valence-electron chi connectivity index (χ4n) is 2.99. The largest absolute Gasteiger partial charge is 0.482 e. The first-order chi connectivity index (χ1) is 14.5. The van der Waals surface area contributed by atoms with Gasteiger partial charge in [0.1, 0.15) is 17.9 Å². The van der Waals surface area contributed by atoms with E-state index in [4.69, 9.17) is 13.9 Å². The van der Waals surface area contributed by atoms with Crippen molar-refractivity contribution in [2.24, 2.45) is 0 Å². The average molecular weight is 408 g/mol. The van der Waals surface area contributed by atoms with Gasteiger partial charge in [0.2, 0.25) is 5.91 Å². The summed E-state index contributed by atoms with van der Waals surface area (Å²) in [5.74, 6) is -1.31. The van der Waals surface area contributed by atoms with Crippen molar-refractivity contribution in [3.8, 4) is 5.75 Å². The lowest BCUT2D eigenvalue weighted by molar-refractivity contribution is -0.149. The summed E-state index contributed by atoms with van der Waals surface area (Å²) in [4.78, 5) is 48.8. The molecular weight excluding hydrogens is 392 g/mol. The van der Waals surface area contributed by atoms with Gasteiger partial charge in [-0.2, -0.15) is 0 Å². The van der Waals surface area contributed by atoms with Crippen LogP contribution in [0.5, 0.6) is 5.75 Å². The van der Waals surface area contributed by atoms with Gasteiger partial charge in [-0.25, -0.2) is 9.59 Å². The van der Waals surface area contributed by atoms with Crippen LogP contribution in [0.15, 0.2) is 63.8 Å². The number of nitrogens with one attached hydrogen (secondary N) is 1. The molecule has 0 fully saturated rings. The third-order valence-corrected chi connectivity index (χ3v) is 4.38. The van der Waals surface area contributed by atoms with E-state index < -0.39 is 30.7 Å². The van der Waals surface area contributed by atoms with Gasteiger partial charge in [0.15, 0.2) is 13.2 Å². The number of fused-ring (bicyclic) bond motifs is 2. The Bertz CT molecular complexity index is 1200. The lowest BCUT2D eigenvalue weighted by Gasteiger charge is -2.28. The summed E-state index contributed by atoms with van der Waals surface area (Å²) in [5, 5.41) is 3.39. The van der Waals surface area contributed by atoms with E-state index >= 15 is 0 Å². The first kappa shape index (κ1) is 19.2. The van der Waals surface area contributed by atoms with Crippen LogP contribution in [0.25, 0.3) is 11.0 Å². The van der Waals surface area contributed by atoms with Crippen molar-refractivity contribution in [3.63, 3.8) is 0 Å². The Kier molecular flexibility index (Phi) is 5.17. The number of carbonyl (C=O) groups is 3. The summed E-state index contributed by atoms with van der Waals surface area (Å²) in [5.41, 5.74) is 0.878. The van der Waals surface area contributed by atoms with E-state index in [-0.39, 0.29) is 12.5 Å². The fourth-order valence-corrected chi connectivity index (χ4v) is 2.99. The van der Waals surface area contributed by atoms with Gasteiger partial charge >= 0.3 is 11.6 Å². The van der Waals surface area contributed by atoms with Gasteiger partial charge in [-0.05, 0) is 30.3 Å². The van der Waals surface area contributed by atoms with E-state index in [1.54, 1.807) is 42.5 Å². The van der Waals surface area contributed by atoms with E-state index in [9.17, 15) is 19.2 Å². The minimum atomic E-state index is -0.757. The maximum Gasteiger partial charge on any atom is 0.344 e. The van der Waals surface area contributed by atoms with Crippen molar-refractivity contribution < 1.29 is 28.3 Å². The molecule has 4 rings (SSSR count). The van der Waals surface area contributed by atoms with Gasteiger partial charge in [-0.1, -0.05) is 12.1 Å². The first-order valence-corrected chi connectivity index (χ1v) is 9.01. The van der Waals surface area contributed by atoms with Crippen LogP contribution in [0.4, 0.5) is 11.4 Å². The third-order valence-electron chi connectivity index (χ3n) is 4.38. The smallest absolute Gasteiger partial charge is 0.344 e. The van der Waals surface area contributed by atoms with E-state index in [2.05, 4.69) is 5.32 Å². The van der Waals surface area contributed by atoms with Gasteiger partial charge < -0.3 is 19.2 Å². The molecule has 152 valence electrons. The molecule has 0 aliphatic carbocycles. The molecule has 0 saturated carbocycles. The predicted molar refractivity (Wildman–Crippen MR) is 106 cm³/mol. The second-order valence-electron chi connectivity index (χ2n) is 6.45. The summed E-state index contributed by atoms with van der Waals surface area (Å²) in [6.07, 6.45) is 0. The number of benzene rings is 2. The second-order valence-corrected chi connectivity index (χ2v) is 6.45. The number of anilines is 2. The Morgan fingerprint density at radius 3 is 2.70 bits per heavy atom. The SMILES string of the molecule is O=C1CN(C(=O)COC(=O)COc2ccc3ccc(=O)oc3c2)c2ccccc2N1. The maximum atomic E-state index is 12.4. The molecule has 9 nitrogen and oxygen atoms in total. The maximum absolute atomic E-state index is 12.4. The van der Waals surface area contributed by atoms with E-state index in [1.807, 2.05) is 0 Å². The molecule has 0 radical (unpaired) electrons. The molecule has 1 aromatic heterocycles. The molecule has 1 aliphatic heterocycles. The third kappa shape index (κ3) is 4.14. The van der Waals surface area contributed by atoms with Crippen LogP contribution in [-0.2, 0) is 19.1 Å². The highest BCUT2D eigenvalue weighted by atomic mass is 16.6. The quantitative estimate of drug-likeness (QED) is 0.505. The van der Waals surface area contributed by atoms with Crippen LogP contribution < -0.4 is 20.6 Å². The van der Waals surface area contributed by atoms with Crippen LogP contribution in [0.3, 0.4) is 0 Å². The highest BCUT2D eigenvalue weighted by molar-refractivity contribution is 6.10. The Morgan fingerprint density at radius 1 is 1.03 bits per heavy atom. The number of rotatable bonds is 5. The Labute approximate surface area is 169 Å². The number of amides is 2. The zero-order valence-corrected chi connectivity index (χ0v) is 15.6. The van der Waals surface area contributed by atoms with Crippen molar-refractivity contribution in [1.82, 2.24) is 0 Å². The Hall–Kier alpha value is -4.14. The van der Waals surface area contributed by atoms with Crippen LogP contribution in [0, 0.1) is 0 Å². The molecule has 9 heteroatoms. The van der Waals surface area contributed by atoms with Crippen LogP contribution in [0.1, 0.15) is 0 Å². The summed E-state index contributed by atoms with van der Waals surface area (Å²) >= 11 is 0. The summed E-state index contributed by atoms with van der Waals surface area (Å²) in [7, 11) is 0. The number of hydrogen-bond donors (Lipinski definition) is 1. The number of esters is 1. The van der Waals surface area contributed by atoms with Crippen LogP contribution in [0.2, 0.25) is 0 Å². The highest BCUT2D eigenvalue weighted by Gasteiger charge is 2.27. The molecular formula is C21H16N2O7. The topological polar surface area (TPSA) is 115 Å². The molecule has 30 heavy (non-hydrogen) atoms. The number of para-hydroxylation sites is 2. The van der Waals surface area contributed by atoms with Crippen molar-refractivity contribution in [3.05, 3.63) is 65.0 Å². The van der Waals surface area contributed by atoms with Crippen molar-refractivity contribution >= 4 is 40.1 Å². The minimum Gasteiger partial charge on any atom is -0.482 e. The van der Waals surface area contributed by atoms with E-state index in [1.165, 1.54) is 17.0 Å². The van der Waals surface area contributed by atoms with Crippen molar-refractivity contribution in [1.29, 1.82) is 0 Å². The Balaban J connectivity index is 1.33. The number of carbonyl (C=O) groups excluding carboxylic acids is 3. The van der Waals surface area contributed by atoms with Gasteiger partial charge in [-0.15, -0.1) is 0 Å².